The van der Waals surface area contributed by atoms with Gasteiger partial charge in [-0.15, -0.1) is 11.3 Å². The summed E-state index contributed by atoms with van der Waals surface area (Å²) < 4.78 is 12.7. The van der Waals surface area contributed by atoms with E-state index < -0.39 is 18.5 Å². The lowest BCUT2D eigenvalue weighted by atomic mass is 10.2. The number of hydrogen-bond acceptors (Lipinski definition) is 8. The maximum atomic E-state index is 12.2. The van der Waals surface area contributed by atoms with Gasteiger partial charge in [-0.1, -0.05) is 62.2 Å². The lowest BCUT2D eigenvalue weighted by Crippen LogP contribution is -2.21. The number of aldehydes is 1. The number of amides is 1. The van der Waals surface area contributed by atoms with Gasteiger partial charge in [0, 0.05) is 36.1 Å². The minimum Gasteiger partial charge on any atom is -0.452 e. The first-order chi connectivity index (χ1) is 17.0. The van der Waals surface area contributed by atoms with E-state index in [2.05, 4.69) is 14.8 Å². The summed E-state index contributed by atoms with van der Waals surface area (Å²) in [4.78, 5) is 36.6. The van der Waals surface area contributed by atoms with Gasteiger partial charge < -0.3 is 19.5 Å². The molecule has 0 saturated heterocycles. The van der Waals surface area contributed by atoms with Crippen molar-refractivity contribution < 1.29 is 23.9 Å². The molecule has 1 aromatic heterocycles. The maximum Gasteiger partial charge on any atom is 0.338 e. The predicted molar refractivity (Wildman–Crippen MR) is 147 cm³/mol. The molecule has 3 rings (SSSR count). The van der Waals surface area contributed by atoms with Crippen molar-refractivity contribution in [3.05, 3.63) is 71.8 Å². The number of carbonyl (C=O) groups excluding carboxylic acids is 3. The van der Waals surface area contributed by atoms with E-state index in [0.29, 0.717) is 22.4 Å². The molecule has 7 nitrogen and oxygen atoms in total. The standard InChI is InChI=1S/C21H18N2O4S2.C3H8O.C2H6/c1-28-23-17-9-5-8-15(10-17)21(26)27-13-19(25)22-20-16(12-24)11-18(29-20)14-6-3-2-4-7-14;1-3-4-2;1-2/h2-12,23H,13H2,1H3,(H,22,25);3H2,1-2H3;1-2H3. The van der Waals surface area contributed by atoms with Crippen LogP contribution in [-0.4, -0.2) is 44.7 Å². The van der Waals surface area contributed by atoms with Crippen LogP contribution in [0.1, 0.15) is 41.5 Å². The van der Waals surface area contributed by atoms with Gasteiger partial charge in [0.05, 0.1) is 5.56 Å². The SMILES string of the molecule is CC.CCOC.CSNc1cccc(C(=O)OCC(=O)Nc2sc(-c3ccccc3)cc2C=O)c1. The summed E-state index contributed by atoms with van der Waals surface area (Å²) >= 11 is 2.69. The zero-order valence-electron chi connectivity index (χ0n) is 20.6. The van der Waals surface area contributed by atoms with Crippen LogP contribution in [0.2, 0.25) is 0 Å². The van der Waals surface area contributed by atoms with E-state index in [-0.39, 0.29) is 0 Å². The molecule has 2 N–H and O–H groups in total. The molecule has 0 aliphatic heterocycles. The second kappa shape index (κ2) is 17.3. The van der Waals surface area contributed by atoms with E-state index >= 15 is 0 Å². The van der Waals surface area contributed by atoms with Crippen LogP contribution in [-0.2, 0) is 14.3 Å². The van der Waals surface area contributed by atoms with Gasteiger partial charge in [0.1, 0.15) is 5.00 Å². The van der Waals surface area contributed by atoms with Crippen molar-refractivity contribution in [3.63, 3.8) is 0 Å². The zero-order chi connectivity index (χ0) is 26.1. The Labute approximate surface area is 215 Å². The van der Waals surface area contributed by atoms with Gasteiger partial charge in [-0.05, 0) is 36.8 Å². The number of carbonyl (C=O) groups is 3. The van der Waals surface area contributed by atoms with Crippen molar-refractivity contribution in [3.8, 4) is 10.4 Å². The third-order valence-electron chi connectivity index (χ3n) is 4.14. The fourth-order valence-electron chi connectivity index (χ4n) is 2.54. The Balaban J connectivity index is 0.000000926. The Kier molecular flexibility index (Phi) is 14.8. The van der Waals surface area contributed by atoms with Crippen LogP contribution in [0.5, 0.6) is 0 Å². The normalized spacial score (nSPS) is 9.51. The second-order valence-electron chi connectivity index (χ2n) is 6.47. The molecule has 35 heavy (non-hydrogen) atoms. The summed E-state index contributed by atoms with van der Waals surface area (Å²) in [6, 6.07) is 18.1. The van der Waals surface area contributed by atoms with Crippen LogP contribution in [0.15, 0.2) is 60.7 Å². The monoisotopic (exact) mass is 516 g/mol. The maximum absolute atomic E-state index is 12.2. The highest BCUT2D eigenvalue weighted by Crippen LogP contribution is 2.34. The summed E-state index contributed by atoms with van der Waals surface area (Å²) in [6.07, 6.45) is 2.56. The molecule has 0 saturated carbocycles. The number of rotatable bonds is 9. The van der Waals surface area contributed by atoms with Crippen molar-refractivity contribution in [2.24, 2.45) is 0 Å². The highest BCUT2D eigenvalue weighted by atomic mass is 32.2. The molecule has 0 radical (unpaired) electrons. The van der Waals surface area contributed by atoms with E-state index in [1.54, 1.807) is 31.4 Å². The van der Waals surface area contributed by atoms with Crippen LogP contribution in [0, 0.1) is 0 Å². The fourth-order valence-corrected chi connectivity index (χ4v) is 3.95. The molecule has 1 heterocycles. The average molecular weight is 517 g/mol. The van der Waals surface area contributed by atoms with Crippen molar-refractivity contribution >= 4 is 52.1 Å². The summed E-state index contributed by atoms with van der Waals surface area (Å²) in [5.74, 6) is -1.11. The Morgan fingerprint density at radius 1 is 1.06 bits per heavy atom. The van der Waals surface area contributed by atoms with Crippen molar-refractivity contribution in [1.82, 2.24) is 0 Å². The molecule has 0 spiro atoms. The van der Waals surface area contributed by atoms with Crippen LogP contribution >= 0.6 is 23.3 Å². The van der Waals surface area contributed by atoms with Crippen LogP contribution in [0.3, 0.4) is 0 Å². The topological polar surface area (TPSA) is 93.7 Å². The minimum atomic E-state index is -0.600. The highest BCUT2D eigenvalue weighted by molar-refractivity contribution is 7.99. The molecule has 0 aliphatic carbocycles. The van der Waals surface area contributed by atoms with Crippen LogP contribution < -0.4 is 10.0 Å². The van der Waals surface area contributed by atoms with E-state index in [4.69, 9.17) is 4.74 Å². The first-order valence-electron chi connectivity index (χ1n) is 11.0. The molecule has 188 valence electrons. The summed E-state index contributed by atoms with van der Waals surface area (Å²) in [5, 5.41) is 3.07. The molecular weight excluding hydrogens is 484 g/mol. The molecule has 0 atom stereocenters. The van der Waals surface area contributed by atoms with Crippen molar-refractivity contribution in [2.45, 2.75) is 20.8 Å². The van der Waals surface area contributed by atoms with Crippen LogP contribution in [0.4, 0.5) is 10.7 Å². The molecular formula is C26H32N2O5S2. The molecule has 9 heteroatoms. The minimum absolute atomic E-state index is 0.341. The lowest BCUT2D eigenvalue weighted by Gasteiger charge is -2.07. The van der Waals surface area contributed by atoms with Crippen molar-refractivity contribution in [2.75, 3.05) is 36.6 Å². The number of esters is 1. The Morgan fingerprint density at radius 2 is 1.74 bits per heavy atom. The molecule has 0 unspecified atom stereocenters. The first-order valence-corrected chi connectivity index (χ1v) is 13.1. The lowest BCUT2D eigenvalue weighted by molar-refractivity contribution is -0.119. The van der Waals surface area contributed by atoms with E-state index in [1.807, 2.05) is 63.4 Å². The second-order valence-corrected chi connectivity index (χ2v) is 8.13. The molecule has 1 amide bonds. The predicted octanol–water partition coefficient (Wildman–Crippen LogP) is 6.39. The number of anilines is 2. The molecule has 0 bridgehead atoms. The third-order valence-corrected chi connectivity index (χ3v) is 5.70. The Morgan fingerprint density at radius 3 is 2.34 bits per heavy atom. The van der Waals surface area contributed by atoms with Crippen molar-refractivity contribution in [1.29, 1.82) is 0 Å². The Hall–Kier alpha value is -3.14. The molecule has 3 aromatic rings. The smallest absolute Gasteiger partial charge is 0.338 e. The molecule has 0 fully saturated rings. The summed E-state index contributed by atoms with van der Waals surface area (Å²) in [5.41, 5.74) is 2.43. The Bertz CT molecular complexity index is 1050. The highest BCUT2D eigenvalue weighted by Gasteiger charge is 2.15. The van der Waals surface area contributed by atoms with E-state index in [1.165, 1.54) is 23.3 Å². The first kappa shape index (κ1) is 29.9. The number of hydrogen-bond donors (Lipinski definition) is 2. The number of methoxy groups -OCH3 is 1. The molecule has 2 aromatic carbocycles. The van der Waals surface area contributed by atoms with Gasteiger partial charge in [0.25, 0.3) is 5.91 Å². The van der Waals surface area contributed by atoms with Gasteiger partial charge >= 0.3 is 5.97 Å². The summed E-state index contributed by atoms with van der Waals surface area (Å²) in [7, 11) is 1.68. The zero-order valence-corrected chi connectivity index (χ0v) is 22.3. The third kappa shape index (κ3) is 10.3. The van der Waals surface area contributed by atoms with Gasteiger partial charge in [0.2, 0.25) is 0 Å². The molecule has 0 aliphatic rings. The number of nitrogens with one attached hydrogen (secondary N) is 2. The van der Waals surface area contributed by atoms with E-state index in [9.17, 15) is 14.4 Å². The van der Waals surface area contributed by atoms with Gasteiger partial charge in [0.15, 0.2) is 12.9 Å². The largest absolute Gasteiger partial charge is 0.452 e. The van der Waals surface area contributed by atoms with Gasteiger partial charge in [-0.3, -0.25) is 9.59 Å². The average Bonchev–Trinajstić information content (AvgIpc) is 3.32. The van der Waals surface area contributed by atoms with E-state index in [0.717, 1.165) is 22.7 Å². The number of thiophene rings is 1. The summed E-state index contributed by atoms with van der Waals surface area (Å²) in [6.45, 7) is 6.33. The van der Waals surface area contributed by atoms with Crippen LogP contribution in [0.25, 0.3) is 10.4 Å². The number of benzene rings is 2. The fraction of sp³-hybridized carbons (Fsp3) is 0.269. The number of ether oxygens (including phenoxy) is 2. The quantitative estimate of drug-likeness (QED) is 0.193. The van der Waals surface area contributed by atoms with Gasteiger partial charge in [-0.2, -0.15) is 0 Å². The van der Waals surface area contributed by atoms with Gasteiger partial charge in [-0.25, -0.2) is 4.79 Å².